The Hall–Kier alpha value is -2.04. The number of benzene rings is 1. The number of aromatic nitrogens is 2. The van der Waals surface area contributed by atoms with Crippen molar-refractivity contribution in [1.29, 1.82) is 0 Å². The summed E-state index contributed by atoms with van der Waals surface area (Å²) in [6.07, 6.45) is 0. The molecule has 1 heterocycles. The first-order valence-electron chi connectivity index (χ1n) is 5.47. The maximum atomic E-state index is 12.8. The smallest absolute Gasteiger partial charge is 0.152 e. The van der Waals surface area contributed by atoms with Gasteiger partial charge in [0, 0.05) is 12.2 Å². The van der Waals surface area contributed by atoms with Crippen molar-refractivity contribution in [2.24, 2.45) is 0 Å². The third-order valence-electron chi connectivity index (χ3n) is 2.58. The highest BCUT2D eigenvalue weighted by molar-refractivity contribution is 5.71. The molecule has 0 saturated heterocycles. The van der Waals surface area contributed by atoms with Crippen LogP contribution >= 0.6 is 0 Å². The van der Waals surface area contributed by atoms with Crippen molar-refractivity contribution < 1.29 is 4.39 Å². The Bertz CT molecular complexity index is 516. The molecule has 0 unspecified atom stereocenters. The van der Waals surface area contributed by atoms with Crippen molar-refractivity contribution in [2.45, 2.75) is 20.4 Å². The predicted molar refractivity (Wildman–Crippen MR) is 66.7 cm³/mol. The number of nitrogens with zero attached hydrogens (tertiary/aromatic N) is 2. The van der Waals surface area contributed by atoms with Gasteiger partial charge in [-0.2, -0.15) is 5.10 Å². The number of aryl methyl sites for hydroxylation is 2. The molecule has 1 aromatic heterocycles. The molecule has 5 heteroatoms. The normalized spacial score (nSPS) is 10.5. The van der Waals surface area contributed by atoms with Crippen LogP contribution in [-0.4, -0.2) is 9.78 Å². The highest BCUT2D eigenvalue weighted by Crippen LogP contribution is 2.25. The Morgan fingerprint density at radius 3 is 2.59 bits per heavy atom. The van der Waals surface area contributed by atoms with Gasteiger partial charge in [-0.25, -0.2) is 9.07 Å². The molecule has 4 nitrogen and oxygen atoms in total. The van der Waals surface area contributed by atoms with E-state index < -0.39 is 0 Å². The molecule has 0 atom stereocenters. The average molecular weight is 234 g/mol. The Balaban J connectivity index is 2.32. The van der Waals surface area contributed by atoms with E-state index in [2.05, 4.69) is 10.4 Å². The molecule has 90 valence electrons. The van der Waals surface area contributed by atoms with Gasteiger partial charge in [0.25, 0.3) is 0 Å². The molecule has 0 radical (unpaired) electrons. The monoisotopic (exact) mass is 234 g/mol. The minimum absolute atomic E-state index is 0.260. The van der Waals surface area contributed by atoms with E-state index in [9.17, 15) is 4.39 Å². The molecule has 0 aliphatic heterocycles. The lowest BCUT2D eigenvalue weighted by atomic mass is 10.3. The van der Waals surface area contributed by atoms with Crippen molar-refractivity contribution in [1.82, 2.24) is 9.78 Å². The van der Waals surface area contributed by atoms with E-state index in [0.29, 0.717) is 5.69 Å². The van der Waals surface area contributed by atoms with Crippen LogP contribution in [0.5, 0.6) is 0 Å². The number of rotatable bonds is 3. The maximum absolute atomic E-state index is 12.8. The summed E-state index contributed by atoms with van der Waals surface area (Å²) in [6.45, 7) is 4.57. The molecule has 0 bridgehead atoms. The number of nitrogens with two attached hydrogens (primary N) is 1. The van der Waals surface area contributed by atoms with E-state index in [0.717, 1.165) is 23.7 Å². The Kier molecular flexibility index (Phi) is 2.99. The van der Waals surface area contributed by atoms with E-state index in [4.69, 9.17) is 5.73 Å². The zero-order valence-corrected chi connectivity index (χ0v) is 9.87. The predicted octanol–water partition coefficient (Wildman–Crippen LogP) is 2.68. The lowest BCUT2D eigenvalue weighted by Crippen LogP contribution is -2.04. The maximum Gasteiger partial charge on any atom is 0.152 e. The number of hydrogen-bond acceptors (Lipinski definition) is 3. The Morgan fingerprint density at radius 2 is 2.00 bits per heavy atom. The largest absolute Gasteiger partial charge is 0.394 e. The molecule has 3 N–H and O–H groups in total. The fourth-order valence-electron chi connectivity index (χ4n) is 1.63. The van der Waals surface area contributed by atoms with Crippen LogP contribution in [-0.2, 0) is 6.54 Å². The van der Waals surface area contributed by atoms with E-state index >= 15 is 0 Å². The van der Waals surface area contributed by atoms with Gasteiger partial charge in [0.2, 0.25) is 0 Å². The van der Waals surface area contributed by atoms with Crippen LogP contribution in [0, 0.1) is 12.7 Å². The molecule has 17 heavy (non-hydrogen) atoms. The van der Waals surface area contributed by atoms with Crippen LogP contribution in [0.15, 0.2) is 24.3 Å². The second-order valence-electron chi connectivity index (χ2n) is 3.80. The van der Waals surface area contributed by atoms with Crippen molar-refractivity contribution in [3.05, 3.63) is 35.8 Å². The van der Waals surface area contributed by atoms with Crippen LogP contribution in [0.4, 0.5) is 21.6 Å². The molecule has 0 spiro atoms. The summed E-state index contributed by atoms with van der Waals surface area (Å²) >= 11 is 0. The number of halogens is 1. The second kappa shape index (κ2) is 4.45. The summed E-state index contributed by atoms with van der Waals surface area (Å²) in [5.74, 6) is 0.486. The fourth-order valence-corrected chi connectivity index (χ4v) is 1.63. The first-order chi connectivity index (χ1) is 8.11. The number of hydrogen-bond donors (Lipinski definition) is 2. The number of anilines is 3. The van der Waals surface area contributed by atoms with Crippen LogP contribution < -0.4 is 11.1 Å². The Morgan fingerprint density at radius 1 is 1.35 bits per heavy atom. The van der Waals surface area contributed by atoms with E-state index in [1.165, 1.54) is 12.1 Å². The van der Waals surface area contributed by atoms with Gasteiger partial charge < -0.3 is 11.1 Å². The van der Waals surface area contributed by atoms with Crippen molar-refractivity contribution in [2.75, 3.05) is 11.1 Å². The van der Waals surface area contributed by atoms with E-state index in [1.54, 1.807) is 16.8 Å². The SMILES string of the molecule is CCn1nc(C)c(N)c1Nc1ccc(F)cc1. The van der Waals surface area contributed by atoms with Gasteiger partial charge in [0.1, 0.15) is 5.82 Å². The van der Waals surface area contributed by atoms with Crippen molar-refractivity contribution >= 4 is 17.2 Å². The van der Waals surface area contributed by atoms with Gasteiger partial charge in [-0.05, 0) is 38.1 Å². The highest BCUT2D eigenvalue weighted by atomic mass is 19.1. The molecule has 2 rings (SSSR count). The van der Waals surface area contributed by atoms with Crippen LogP contribution in [0.1, 0.15) is 12.6 Å². The first-order valence-corrected chi connectivity index (χ1v) is 5.47. The summed E-state index contributed by atoms with van der Waals surface area (Å²) in [6, 6.07) is 6.13. The van der Waals surface area contributed by atoms with Gasteiger partial charge in [0.05, 0.1) is 11.4 Å². The van der Waals surface area contributed by atoms with Crippen molar-refractivity contribution in [3.8, 4) is 0 Å². The molecular formula is C12H15FN4. The minimum Gasteiger partial charge on any atom is -0.394 e. The summed E-state index contributed by atoms with van der Waals surface area (Å²) in [5, 5.41) is 7.45. The quantitative estimate of drug-likeness (QED) is 0.858. The second-order valence-corrected chi connectivity index (χ2v) is 3.80. The van der Waals surface area contributed by atoms with Gasteiger partial charge in [-0.3, -0.25) is 0 Å². The number of nitrogen functional groups attached to an aromatic ring is 1. The Labute approximate surface area is 99.2 Å². The fraction of sp³-hybridized carbons (Fsp3) is 0.250. The third kappa shape index (κ3) is 2.22. The van der Waals surface area contributed by atoms with Gasteiger partial charge in [0.15, 0.2) is 5.82 Å². The van der Waals surface area contributed by atoms with E-state index in [-0.39, 0.29) is 5.82 Å². The molecule has 2 aromatic rings. The van der Waals surface area contributed by atoms with Crippen molar-refractivity contribution in [3.63, 3.8) is 0 Å². The van der Waals surface area contributed by atoms with E-state index in [1.807, 2.05) is 13.8 Å². The highest BCUT2D eigenvalue weighted by Gasteiger charge is 2.11. The molecule has 0 amide bonds. The lowest BCUT2D eigenvalue weighted by Gasteiger charge is -2.09. The van der Waals surface area contributed by atoms with Crippen LogP contribution in [0.3, 0.4) is 0 Å². The van der Waals surface area contributed by atoms with Gasteiger partial charge in [-0.1, -0.05) is 0 Å². The third-order valence-corrected chi connectivity index (χ3v) is 2.58. The average Bonchev–Trinajstić information content (AvgIpc) is 2.59. The zero-order chi connectivity index (χ0) is 12.4. The molecule has 0 aliphatic carbocycles. The molecular weight excluding hydrogens is 219 g/mol. The molecule has 0 fully saturated rings. The number of nitrogens with one attached hydrogen (secondary N) is 1. The molecule has 0 aliphatic rings. The van der Waals surface area contributed by atoms with Crippen LogP contribution in [0.25, 0.3) is 0 Å². The summed E-state index contributed by atoms with van der Waals surface area (Å²) in [7, 11) is 0. The van der Waals surface area contributed by atoms with Gasteiger partial charge in [-0.15, -0.1) is 0 Å². The summed E-state index contributed by atoms with van der Waals surface area (Å²) in [4.78, 5) is 0. The minimum atomic E-state index is -0.260. The first kappa shape index (κ1) is 11.4. The molecule has 0 saturated carbocycles. The van der Waals surface area contributed by atoms with Crippen LogP contribution in [0.2, 0.25) is 0 Å². The lowest BCUT2D eigenvalue weighted by molar-refractivity contribution is 0.628. The summed E-state index contributed by atoms with van der Waals surface area (Å²) in [5.41, 5.74) is 8.13. The molecule has 1 aromatic carbocycles. The topological polar surface area (TPSA) is 55.9 Å². The standard InChI is InChI=1S/C12H15FN4/c1-3-17-12(11(14)8(2)16-17)15-10-6-4-9(13)5-7-10/h4-7,15H,3,14H2,1-2H3. The summed E-state index contributed by atoms with van der Waals surface area (Å²) < 4.78 is 14.6. The zero-order valence-electron chi connectivity index (χ0n) is 9.87. The van der Waals surface area contributed by atoms with Gasteiger partial charge >= 0.3 is 0 Å².